The Labute approximate surface area is 143 Å². The number of hydrogen-bond acceptors (Lipinski definition) is 3. The van der Waals surface area contributed by atoms with E-state index in [4.69, 9.17) is 0 Å². The topological polar surface area (TPSA) is 67.1 Å². The summed E-state index contributed by atoms with van der Waals surface area (Å²) in [5.41, 5.74) is 2.63. The molecular weight excluding hydrogens is 300 g/mol. The normalized spacial score (nSPS) is 17.5. The second-order valence-electron chi connectivity index (χ2n) is 6.37. The van der Waals surface area contributed by atoms with Crippen molar-refractivity contribution in [2.45, 2.75) is 45.7 Å². The van der Waals surface area contributed by atoms with Crippen LogP contribution in [0.25, 0.3) is 0 Å². The first-order chi connectivity index (χ1) is 11.6. The molecule has 0 spiro atoms. The van der Waals surface area contributed by atoms with E-state index in [2.05, 4.69) is 56.9 Å². The molecule has 1 aliphatic heterocycles. The minimum atomic E-state index is 0.337. The average Bonchev–Trinajstić information content (AvgIpc) is 2.95. The van der Waals surface area contributed by atoms with Crippen LogP contribution in [0.3, 0.4) is 0 Å². The van der Waals surface area contributed by atoms with E-state index in [0.717, 1.165) is 50.0 Å². The molecule has 24 heavy (non-hydrogen) atoms. The van der Waals surface area contributed by atoms with E-state index >= 15 is 0 Å². The summed E-state index contributed by atoms with van der Waals surface area (Å²) in [5, 5.41) is 11.4. The molecule has 0 fully saturated rings. The Morgan fingerprint density at radius 1 is 1.29 bits per heavy atom. The first-order valence-corrected chi connectivity index (χ1v) is 8.57. The molecule has 0 saturated heterocycles. The number of aromatic nitrogens is 3. The summed E-state index contributed by atoms with van der Waals surface area (Å²) in [7, 11) is 1.81. The van der Waals surface area contributed by atoms with Gasteiger partial charge in [-0.25, -0.2) is 9.67 Å². The minimum absolute atomic E-state index is 0.337. The van der Waals surface area contributed by atoms with E-state index in [-0.39, 0.29) is 0 Å². The van der Waals surface area contributed by atoms with E-state index < -0.39 is 0 Å². The summed E-state index contributed by atoms with van der Waals surface area (Å²) < 4.78 is 2.01. The maximum atomic E-state index is 4.45. The van der Waals surface area contributed by atoms with E-state index in [1.165, 1.54) is 11.1 Å². The Kier molecular flexibility index (Phi) is 5.13. The largest absolute Gasteiger partial charge is 0.356 e. The molecule has 6 nitrogen and oxygen atoms in total. The zero-order valence-corrected chi connectivity index (χ0v) is 14.7. The Balaban J connectivity index is 1.48. The molecule has 1 atom stereocenters. The number of guanidine groups is 1. The Bertz CT molecular complexity index is 701. The number of nitrogens with one attached hydrogen (secondary N) is 2. The van der Waals surface area contributed by atoms with Crippen molar-refractivity contribution in [3.05, 3.63) is 47.0 Å². The lowest BCUT2D eigenvalue weighted by Crippen LogP contribution is -2.47. The van der Waals surface area contributed by atoms with Crippen LogP contribution in [0, 0.1) is 13.8 Å². The fraction of sp³-hybridized carbons (Fsp3) is 0.500. The first-order valence-electron chi connectivity index (χ1n) is 8.57. The van der Waals surface area contributed by atoms with Crippen molar-refractivity contribution in [2.75, 3.05) is 13.6 Å². The van der Waals surface area contributed by atoms with Gasteiger partial charge in [-0.1, -0.05) is 29.8 Å². The third-order valence-corrected chi connectivity index (χ3v) is 4.36. The van der Waals surface area contributed by atoms with Gasteiger partial charge in [-0.05, 0) is 32.3 Å². The lowest BCUT2D eigenvalue weighted by atomic mass is 10.1. The monoisotopic (exact) mass is 326 g/mol. The van der Waals surface area contributed by atoms with Gasteiger partial charge in [0.2, 0.25) is 0 Å². The highest BCUT2D eigenvalue weighted by Gasteiger charge is 2.21. The maximum absolute atomic E-state index is 4.45. The molecule has 2 aromatic rings. The molecule has 1 aromatic heterocycles. The molecule has 0 radical (unpaired) electrons. The highest BCUT2D eigenvalue weighted by atomic mass is 15.4. The van der Waals surface area contributed by atoms with Gasteiger partial charge in [0.05, 0.1) is 6.54 Å². The summed E-state index contributed by atoms with van der Waals surface area (Å²) in [6.07, 6.45) is 2.99. The van der Waals surface area contributed by atoms with Crippen LogP contribution in [0.2, 0.25) is 0 Å². The maximum Gasteiger partial charge on any atom is 0.191 e. The number of benzene rings is 1. The van der Waals surface area contributed by atoms with Gasteiger partial charge in [-0.3, -0.25) is 4.99 Å². The second kappa shape index (κ2) is 7.47. The van der Waals surface area contributed by atoms with Crippen molar-refractivity contribution in [1.29, 1.82) is 0 Å². The van der Waals surface area contributed by atoms with Crippen molar-refractivity contribution in [2.24, 2.45) is 4.99 Å². The zero-order chi connectivity index (χ0) is 16.9. The van der Waals surface area contributed by atoms with E-state index in [1.807, 2.05) is 18.7 Å². The molecule has 0 amide bonds. The molecule has 1 aromatic carbocycles. The Hall–Kier alpha value is -2.37. The summed E-state index contributed by atoms with van der Waals surface area (Å²) >= 11 is 0. The van der Waals surface area contributed by atoms with Crippen molar-refractivity contribution < 1.29 is 0 Å². The van der Waals surface area contributed by atoms with Crippen LogP contribution in [-0.2, 0) is 19.4 Å². The summed E-state index contributed by atoms with van der Waals surface area (Å²) in [6.45, 7) is 5.76. The summed E-state index contributed by atoms with van der Waals surface area (Å²) in [4.78, 5) is 8.79. The third-order valence-electron chi connectivity index (χ3n) is 4.36. The third kappa shape index (κ3) is 4.13. The Morgan fingerprint density at radius 2 is 2.08 bits per heavy atom. The average molecular weight is 326 g/mol. The molecule has 3 rings (SSSR count). The van der Waals surface area contributed by atoms with Crippen LogP contribution >= 0.6 is 0 Å². The molecule has 2 N–H and O–H groups in total. The molecule has 0 saturated carbocycles. The number of nitrogens with zero attached hydrogens (tertiary/aromatic N) is 4. The van der Waals surface area contributed by atoms with Gasteiger partial charge in [-0.15, -0.1) is 0 Å². The van der Waals surface area contributed by atoms with Crippen molar-refractivity contribution in [3.8, 4) is 0 Å². The second-order valence-corrected chi connectivity index (χ2v) is 6.37. The number of hydrogen-bond donors (Lipinski definition) is 2. The number of aryl methyl sites for hydroxylation is 3. The van der Waals surface area contributed by atoms with Crippen LogP contribution in [0.4, 0.5) is 0 Å². The molecule has 1 unspecified atom stereocenters. The smallest absolute Gasteiger partial charge is 0.191 e. The lowest BCUT2D eigenvalue weighted by Gasteiger charge is -2.25. The predicted molar refractivity (Wildman–Crippen MR) is 96.2 cm³/mol. The summed E-state index contributed by atoms with van der Waals surface area (Å²) in [6, 6.07) is 9.01. The van der Waals surface area contributed by atoms with Crippen LogP contribution in [0.15, 0.2) is 29.3 Å². The lowest BCUT2D eigenvalue weighted by molar-refractivity contribution is 0.392. The van der Waals surface area contributed by atoms with Crippen molar-refractivity contribution in [1.82, 2.24) is 25.4 Å². The fourth-order valence-corrected chi connectivity index (χ4v) is 3.02. The van der Waals surface area contributed by atoms with Gasteiger partial charge >= 0.3 is 0 Å². The van der Waals surface area contributed by atoms with Crippen LogP contribution in [0.5, 0.6) is 0 Å². The van der Waals surface area contributed by atoms with E-state index in [9.17, 15) is 0 Å². The van der Waals surface area contributed by atoms with Crippen LogP contribution in [0.1, 0.15) is 29.2 Å². The minimum Gasteiger partial charge on any atom is -0.356 e. The van der Waals surface area contributed by atoms with Crippen LogP contribution in [-0.4, -0.2) is 40.4 Å². The van der Waals surface area contributed by atoms with Gasteiger partial charge in [0, 0.05) is 26.1 Å². The molecule has 6 heteroatoms. The van der Waals surface area contributed by atoms with Crippen LogP contribution < -0.4 is 10.6 Å². The van der Waals surface area contributed by atoms with E-state index in [1.54, 1.807) is 0 Å². The van der Waals surface area contributed by atoms with Crippen molar-refractivity contribution in [3.63, 3.8) is 0 Å². The molecule has 1 aliphatic rings. The highest BCUT2D eigenvalue weighted by Crippen LogP contribution is 2.12. The predicted octanol–water partition coefficient (Wildman–Crippen LogP) is 1.62. The Morgan fingerprint density at radius 3 is 2.83 bits per heavy atom. The molecular formula is C18H26N6. The fourth-order valence-electron chi connectivity index (χ4n) is 3.02. The van der Waals surface area contributed by atoms with Crippen molar-refractivity contribution >= 4 is 5.96 Å². The molecule has 0 bridgehead atoms. The van der Waals surface area contributed by atoms with Gasteiger partial charge in [0.1, 0.15) is 11.6 Å². The number of aliphatic imine (C=N–C) groups is 1. The summed E-state index contributed by atoms with van der Waals surface area (Å²) in [5.74, 6) is 2.80. The van der Waals surface area contributed by atoms with Gasteiger partial charge in [0.15, 0.2) is 5.96 Å². The molecule has 128 valence electrons. The van der Waals surface area contributed by atoms with E-state index in [0.29, 0.717) is 6.04 Å². The van der Waals surface area contributed by atoms with Gasteiger partial charge < -0.3 is 10.6 Å². The first kappa shape index (κ1) is 16.5. The molecule has 2 heterocycles. The zero-order valence-electron chi connectivity index (χ0n) is 14.7. The highest BCUT2D eigenvalue weighted by molar-refractivity contribution is 5.79. The van der Waals surface area contributed by atoms with Gasteiger partial charge in [-0.2, -0.15) is 5.10 Å². The number of fused-ring (bicyclic) bond motifs is 1. The molecule has 0 aliphatic carbocycles. The quantitative estimate of drug-likeness (QED) is 0.662. The standard InChI is InChI=1S/C18H26N6/c1-13-4-6-15(7-5-13)10-11-20-18(19-3)22-16-8-9-17-21-14(2)23-24(17)12-16/h4-7,16H,8-12H2,1-3H3,(H2,19,20,22). The van der Waals surface area contributed by atoms with Gasteiger partial charge in [0.25, 0.3) is 0 Å². The number of rotatable bonds is 4. The SMILES string of the molecule is CN=C(NCCc1ccc(C)cc1)NC1CCc2nc(C)nn2C1.